The van der Waals surface area contributed by atoms with Gasteiger partial charge in [-0.2, -0.15) is 0 Å². The molecule has 36 heavy (non-hydrogen) atoms. The Kier molecular flexibility index (Phi) is 7.12. The van der Waals surface area contributed by atoms with Gasteiger partial charge in [0.15, 0.2) is 0 Å². The van der Waals surface area contributed by atoms with Crippen molar-refractivity contribution >= 4 is 22.2 Å². The summed E-state index contributed by atoms with van der Waals surface area (Å²) >= 11 is 0. The average Bonchev–Trinajstić information content (AvgIpc) is 3.15. The van der Waals surface area contributed by atoms with Crippen LogP contribution < -0.4 is 10.0 Å². The molecule has 6 atom stereocenters. The number of nitrogens with one attached hydrogen (secondary N) is 2. The zero-order valence-corrected chi connectivity index (χ0v) is 21.1. The predicted octanol–water partition coefficient (Wildman–Crippen LogP) is 4.37. The summed E-state index contributed by atoms with van der Waals surface area (Å²) in [5.41, 5.74) is 2.37. The first-order valence-corrected chi connectivity index (χ1v) is 14.3. The van der Waals surface area contributed by atoms with Crippen molar-refractivity contribution in [1.82, 2.24) is 15.0 Å². The van der Waals surface area contributed by atoms with Crippen LogP contribution in [0.3, 0.4) is 0 Å². The van der Waals surface area contributed by atoms with E-state index in [9.17, 15) is 17.6 Å². The molecule has 1 amide bonds. The molecule has 0 radical (unpaired) electrons. The van der Waals surface area contributed by atoms with Crippen LogP contribution in [0.2, 0.25) is 0 Å². The number of amides is 1. The summed E-state index contributed by atoms with van der Waals surface area (Å²) in [6.07, 6.45) is 8.85. The molecule has 5 rings (SSSR count). The number of carbonyl (C=O) groups excluding carboxylic acids is 1. The second kappa shape index (κ2) is 10.3. The minimum absolute atomic E-state index is 0.0504. The third-order valence-electron chi connectivity index (χ3n) is 7.84. The number of fused-ring (bicyclic) bond motifs is 2. The molecule has 1 aliphatic heterocycles. The van der Waals surface area contributed by atoms with Crippen LogP contribution >= 0.6 is 0 Å². The van der Waals surface area contributed by atoms with Crippen LogP contribution in [0.4, 0.5) is 9.18 Å². The van der Waals surface area contributed by atoms with Crippen molar-refractivity contribution in [3.8, 4) is 11.1 Å². The first kappa shape index (κ1) is 24.9. The summed E-state index contributed by atoms with van der Waals surface area (Å²) in [4.78, 5) is 16.5. The molecular weight excluding hydrogens is 481 g/mol. The van der Waals surface area contributed by atoms with Gasteiger partial charge >= 0.3 is 6.09 Å². The number of carbonyl (C=O) groups is 1. The summed E-state index contributed by atoms with van der Waals surface area (Å²) in [5, 5.41) is 2.98. The van der Waals surface area contributed by atoms with E-state index in [1.165, 1.54) is 12.1 Å². The van der Waals surface area contributed by atoms with Gasteiger partial charge in [0.05, 0.1) is 18.1 Å². The maximum atomic E-state index is 13.6. The van der Waals surface area contributed by atoms with Gasteiger partial charge in [-0.05, 0) is 86.1 Å². The Bertz CT molecular complexity index is 1230. The Morgan fingerprint density at radius 2 is 2.06 bits per heavy atom. The molecule has 1 saturated heterocycles. The SMILES string of the molecule is CCOC(=O)N[C@@H]1CC[C@@H]2[C@@H](C1)C[C@@H]1CS(=O)(=O)N[C@@H]1[C@H]2/C=C/c1ccc(-c2cccc(F)c2)cn1. The van der Waals surface area contributed by atoms with E-state index in [0.717, 1.165) is 42.5 Å². The molecule has 3 fully saturated rings. The van der Waals surface area contributed by atoms with Crippen molar-refractivity contribution in [2.75, 3.05) is 12.4 Å². The molecular formula is C27H32FN3O4S. The van der Waals surface area contributed by atoms with Crippen molar-refractivity contribution in [2.45, 2.75) is 44.7 Å². The fourth-order valence-electron chi connectivity index (χ4n) is 6.35. The first-order chi connectivity index (χ1) is 17.3. The number of hydrogen-bond acceptors (Lipinski definition) is 5. The lowest BCUT2D eigenvalue weighted by Crippen LogP contribution is -2.51. The third kappa shape index (κ3) is 5.47. The van der Waals surface area contributed by atoms with Crippen LogP contribution in [0.25, 0.3) is 17.2 Å². The number of nitrogens with zero attached hydrogens (tertiary/aromatic N) is 1. The van der Waals surface area contributed by atoms with E-state index in [4.69, 9.17) is 4.74 Å². The average molecular weight is 514 g/mol. The fraction of sp³-hybridized carbons (Fsp3) is 0.481. The molecule has 2 N–H and O–H groups in total. The number of benzene rings is 1. The number of alkyl carbamates (subject to hydrolysis) is 1. The number of hydrogen-bond donors (Lipinski definition) is 2. The van der Waals surface area contributed by atoms with E-state index in [2.05, 4.69) is 21.1 Å². The number of ether oxygens (including phenoxy) is 1. The van der Waals surface area contributed by atoms with Crippen LogP contribution in [-0.2, 0) is 14.8 Å². The van der Waals surface area contributed by atoms with Gasteiger partial charge in [0.25, 0.3) is 0 Å². The van der Waals surface area contributed by atoms with Gasteiger partial charge in [0, 0.05) is 23.8 Å². The smallest absolute Gasteiger partial charge is 0.407 e. The lowest BCUT2D eigenvalue weighted by atomic mass is 9.60. The van der Waals surface area contributed by atoms with Gasteiger partial charge in [0.1, 0.15) is 5.82 Å². The number of halogens is 1. The molecule has 2 aliphatic carbocycles. The Labute approximate surface area is 211 Å². The Balaban J connectivity index is 1.33. The zero-order valence-electron chi connectivity index (χ0n) is 20.3. The summed E-state index contributed by atoms with van der Waals surface area (Å²) in [5.74, 6) is 0.635. The quantitative estimate of drug-likeness (QED) is 0.619. The lowest BCUT2D eigenvalue weighted by molar-refractivity contribution is 0.0628. The Morgan fingerprint density at radius 3 is 2.81 bits per heavy atom. The van der Waals surface area contributed by atoms with Gasteiger partial charge < -0.3 is 10.1 Å². The van der Waals surface area contributed by atoms with Gasteiger partial charge in [-0.25, -0.2) is 22.3 Å². The van der Waals surface area contributed by atoms with Crippen molar-refractivity contribution in [3.63, 3.8) is 0 Å². The minimum Gasteiger partial charge on any atom is -0.450 e. The van der Waals surface area contributed by atoms with E-state index < -0.39 is 10.0 Å². The second-order valence-electron chi connectivity index (χ2n) is 10.1. The predicted molar refractivity (Wildman–Crippen MR) is 136 cm³/mol. The van der Waals surface area contributed by atoms with Crippen molar-refractivity contribution < 1.29 is 22.3 Å². The van der Waals surface area contributed by atoms with Gasteiger partial charge in [-0.15, -0.1) is 0 Å². The Hall–Kier alpha value is -2.78. The molecule has 2 aromatic rings. The number of aromatic nitrogens is 1. The van der Waals surface area contributed by atoms with Crippen LogP contribution in [0.5, 0.6) is 0 Å². The summed E-state index contributed by atoms with van der Waals surface area (Å²) < 4.78 is 46.5. The molecule has 0 spiro atoms. The molecule has 2 heterocycles. The number of rotatable bonds is 5. The van der Waals surface area contributed by atoms with E-state index in [-0.39, 0.29) is 41.6 Å². The van der Waals surface area contributed by atoms with Crippen molar-refractivity contribution in [3.05, 3.63) is 60.2 Å². The molecule has 1 aromatic heterocycles. The number of sulfonamides is 1. The fourth-order valence-corrected chi connectivity index (χ4v) is 8.12. The summed E-state index contributed by atoms with van der Waals surface area (Å²) in [7, 11) is -3.29. The van der Waals surface area contributed by atoms with Gasteiger partial charge in [-0.1, -0.05) is 24.3 Å². The van der Waals surface area contributed by atoms with E-state index in [1.807, 2.05) is 24.3 Å². The molecule has 2 saturated carbocycles. The highest BCUT2D eigenvalue weighted by Gasteiger charge is 2.51. The molecule has 9 heteroatoms. The summed E-state index contributed by atoms with van der Waals surface area (Å²) in [6.45, 7) is 2.12. The Morgan fingerprint density at radius 1 is 1.19 bits per heavy atom. The highest BCUT2D eigenvalue weighted by Crippen LogP contribution is 2.49. The van der Waals surface area contributed by atoms with Gasteiger partial charge in [0.2, 0.25) is 10.0 Å². The molecule has 0 bridgehead atoms. The van der Waals surface area contributed by atoms with Gasteiger partial charge in [-0.3, -0.25) is 4.98 Å². The largest absolute Gasteiger partial charge is 0.450 e. The van der Waals surface area contributed by atoms with Crippen molar-refractivity contribution in [1.29, 1.82) is 0 Å². The van der Waals surface area contributed by atoms with E-state index >= 15 is 0 Å². The topological polar surface area (TPSA) is 97.4 Å². The lowest BCUT2D eigenvalue weighted by Gasteiger charge is -2.47. The molecule has 1 aromatic carbocycles. The highest BCUT2D eigenvalue weighted by atomic mass is 32.2. The molecule has 3 aliphatic rings. The van der Waals surface area contributed by atoms with Crippen LogP contribution in [-0.4, -0.2) is 43.9 Å². The van der Waals surface area contributed by atoms with Crippen molar-refractivity contribution in [2.24, 2.45) is 23.7 Å². The first-order valence-electron chi connectivity index (χ1n) is 12.6. The number of pyridine rings is 1. The van der Waals surface area contributed by atoms with E-state index in [1.54, 1.807) is 19.2 Å². The maximum absolute atomic E-state index is 13.6. The van der Waals surface area contributed by atoms with Crippen LogP contribution in [0, 0.1) is 29.5 Å². The zero-order chi connectivity index (χ0) is 25.3. The highest BCUT2D eigenvalue weighted by molar-refractivity contribution is 7.89. The summed E-state index contributed by atoms with van der Waals surface area (Å²) in [6, 6.07) is 10.2. The van der Waals surface area contributed by atoms with E-state index in [0.29, 0.717) is 18.4 Å². The molecule has 0 unspecified atom stereocenters. The standard InChI is InChI=1S/C27H32FN3O4S/c1-2-35-27(32)30-23-9-10-24-19(14-23)12-20-16-36(33,34)31-26(20)25(24)11-8-22-7-6-18(15-29-22)17-4-3-5-21(28)13-17/h3-8,11,13,15,19-20,23-26,31H,2,9-10,12,14,16H2,1H3,(H,30,32)/b11-8+/t19-,20-,23-,24-,25+,26+/m1/s1. The second-order valence-corrected chi connectivity index (χ2v) is 11.9. The molecule has 7 nitrogen and oxygen atoms in total. The minimum atomic E-state index is -3.29. The monoisotopic (exact) mass is 513 g/mol. The third-order valence-corrected chi connectivity index (χ3v) is 9.34. The molecule has 192 valence electrons. The normalized spacial score (nSPS) is 30.9. The van der Waals surface area contributed by atoms with Crippen LogP contribution in [0.1, 0.15) is 38.3 Å². The maximum Gasteiger partial charge on any atom is 0.407 e. The van der Waals surface area contributed by atoms with Crippen LogP contribution in [0.15, 0.2) is 48.7 Å².